The summed E-state index contributed by atoms with van der Waals surface area (Å²) in [6.07, 6.45) is 2.03. The monoisotopic (exact) mass is 204 g/mol. The van der Waals surface area contributed by atoms with Gasteiger partial charge >= 0.3 is 0 Å². The topological polar surface area (TPSA) is 36.3 Å². The van der Waals surface area contributed by atoms with Crippen molar-refractivity contribution in [3.63, 3.8) is 0 Å². The fourth-order valence-corrected chi connectivity index (χ4v) is 1.90. The maximum atomic E-state index is 7.75. The van der Waals surface area contributed by atoms with Crippen molar-refractivity contribution in [1.29, 1.82) is 5.41 Å². The van der Waals surface area contributed by atoms with Crippen LogP contribution < -0.4 is 4.74 Å². The Hall–Kier alpha value is -1.51. The van der Waals surface area contributed by atoms with Crippen LogP contribution in [0.2, 0.25) is 0 Å². The molecule has 15 heavy (non-hydrogen) atoms. The van der Waals surface area contributed by atoms with E-state index in [2.05, 4.69) is 11.0 Å². The third kappa shape index (κ3) is 2.29. The summed E-state index contributed by atoms with van der Waals surface area (Å²) in [5.41, 5.74) is 1.21. The third-order valence-corrected chi connectivity index (χ3v) is 2.73. The van der Waals surface area contributed by atoms with Gasteiger partial charge in [0.1, 0.15) is 5.75 Å². The number of amidine groups is 1. The summed E-state index contributed by atoms with van der Waals surface area (Å²) in [7, 11) is 1.68. The van der Waals surface area contributed by atoms with Crippen molar-refractivity contribution in [3.05, 3.63) is 29.8 Å². The first-order valence-corrected chi connectivity index (χ1v) is 5.25. The van der Waals surface area contributed by atoms with Crippen LogP contribution in [0.4, 0.5) is 0 Å². The molecule has 80 valence electrons. The lowest BCUT2D eigenvalue weighted by Gasteiger charge is -2.17. The molecule has 0 unspecified atom stereocenters. The molecule has 1 fully saturated rings. The zero-order valence-corrected chi connectivity index (χ0v) is 8.99. The van der Waals surface area contributed by atoms with E-state index in [0.717, 1.165) is 37.5 Å². The van der Waals surface area contributed by atoms with Gasteiger partial charge < -0.3 is 9.64 Å². The molecule has 1 aliphatic heterocycles. The number of benzene rings is 1. The molecule has 0 aliphatic carbocycles. The Balaban J connectivity index is 2.06. The van der Waals surface area contributed by atoms with Crippen molar-refractivity contribution in [2.45, 2.75) is 19.4 Å². The molecule has 0 atom stereocenters. The second kappa shape index (κ2) is 4.34. The molecule has 3 heteroatoms. The van der Waals surface area contributed by atoms with Gasteiger partial charge in [-0.05, 0) is 24.1 Å². The predicted octanol–water partition coefficient (Wildman–Crippen LogP) is 2.27. The molecule has 0 bridgehead atoms. The molecule has 0 radical (unpaired) electrons. The van der Waals surface area contributed by atoms with E-state index < -0.39 is 0 Å². The van der Waals surface area contributed by atoms with Gasteiger partial charge in [0.2, 0.25) is 0 Å². The van der Waals surface area contributed by atoms with Crippen LogP contribution in [0.25, 0.3) is 0 Å². The second-order valence-electron chi connectivity index (χ2n) is 3.82. The van der Waals surface area contributed by atoms with Crippen molar-refractivity contribution in [1.82, 2.24) is 4.90 Å². The number of likely N-dealkylation sites (tertiary alicyclic amines) is 1. The van der Waals surface area contributed by atoms with Gasteiger partial charge in [0.05, 0.1) is 12.9 Å². The minimum Gasteiger partial charge on any atom is -0.497 e. The lowest BCUT2D eigenvalue weighted by Crippen LogP contribution is -2.23. The number of hydrogen-bond donors (Lipinski definition) is 1. The van der Waals surface area contributed by atoms with E-state index in [9.17, 15) is 0 Å². The molecule has 1 aliphatic rings. The molecule has 1 aromatic carbocycles. The lowest BCUT2D eigenvalue weighted by molar-refractivity contribution is 0.410. The van der Waals surface area contributed by atoms with Crippen molar-refractivity contribution in [2.24, 2.45) is 0 Å². The fourth-order valence-electron chi connectivity index (χ4n) is 1.90. The van der Waals surface area contributed by atoms with E-state index in [1.807, 2.05) is 18.2 Å². The zero-order chi connectivity index (χ0) is 10.7. The Bertz CT molecular complexity index is 362. The molecule has 0 spiro atoms. The smallest absolute Gasteiger partial charge is 0.119 e. The molecular weight excluding hydrogens is 188 g/mol. The van der Waals surface area contributed by atoms with Gasteiger partial charge in [-0.15, -0.1) is 0 Å². The number of hydrogen-bond acceptors (Lipinski definition) is 2. The van der Waals surface area contributed by atoms with Crippen LogP contribution in [0.5, 0.6) is 5.75 Å². The van der Waals surface area contributed by atoms with E-state index in [1.54, 1.807) is 7.11 Å². The summed E-state index contributed by atoms with van der Waals surface area (Å²) in [5, 5.41) is 7.75. The SMILES string of the molecule is COc1cccc(CN2CCCC2=N)c1. The molecule has 2 rings (SSSR count). The second-order valence-corrected chi connectivity index (χ2v) is 3.82. The largest absolute Gasteiger partial charge is 0.497 e. The molecule has 0 saturated carbocycles. The van der Waals surface area contributed by atoms with Gasteiger partial charge in [-0.2, -0.15) is 0 Å². The standard InChI is InChI=1S/C12H16N2O/c1-15-11-5-2-4-10(8-11)9-14-7-3-6-12(14)13/h2,4-5,8,13H,3,6-7,9H2,1H3. The maximum Gasteiger partial charge on any atom is 0.119 e. The summed E-state index contributed by atoms with van der Waals surface area (Å²) in [5.74, 6) is 1.65. The molecule has 1 heterocycles. The van der Waals surface area contributed by atoms with E-state index >= 15 is 0 Å². The van der Waals surface area contributed by atoms with E-state index in [4.69, 9.17) is 10.1 Å². The van der Waals surface area contributed by atoms with E-state index in [-0.39, 0.29) is 0 Å². The van der Waals surface area contributed by atoms with E-state index in [0.29, 0.717) is 0 Å². The molecule has 0 amide bonds. The van der Waals surface area contributed by atoms with Crippen molar-refractivity contribution < 1.29 is 4.74 Å². The highest BCUT2D eigenvalue weighted by Crippen LogP contribution is 2.17. The summed E-state index contributed by atoms with van der Waals surface area (Å²) in [6, 6.07) is 8.05. The van der Waals surface area contributed by atoms with Crippen LogP contribution >= 0.6 is 0 Å². The normalized spacial score (nSPS) is 15.8. The number of methoxy groups -OCH3 is 1. The minimum atomic E-state index is 0.762. The van der Waals surface area contributed by atoms with Gasteiger partial charge in [-0.3, -0.25) is 5.41 Å². The Morgan fingerprint density at radius 2 is 2.33 bits per heavy atom. The quantitative estimate of drug-likeness (QED) is 0.820. The van der Waals surface area contributed by atoms with Crippen LogP contribution in [0.15, 0.2) is 24.3 Å². The van der Waals surface area contributed by atoms with Gasteiger partial charge in [-0.25, -0.2) is 0 Å². The summed E-state index contributed by atoms with van der Waals surface area (Å²) in [4.78, 5) is 2.12. The Morgan fingerprint density at radius 3 is 3.00 bits per heavy atom. The van der Waals surface area contributed by atoms with Crippen LogP contribution in [-0.2, 0) is 6.54 Å². The van der Waals surface area contributed by atoms with Crippen molar-refractivity contribution in [2.75, 3.05) is 13.7 Å². The van der Waals surface area contributed by atoms with Crippen molar-refractivity contribution in [3.8, 4) is 5.75 Å². The van der Waals surface area contributed by atoms with Gasteiger partial charge in [-0.1, -0.05) is 12.1 Å². The first-order chi connectivity index (χ1) is 7.29. The van der Waals surface area contributed by atoms with Crippen molar-refractivity contribution >= 4 is 5.84 Å². The Morgan fingerprint density at radius 1 is 1.47 bits per heavy atom. The Labute approximate surface area is 90.2 Å². The number of rotatable bonds is 3. The fraction of sp³-hybridized carbons (Fsp3) is 0.417. The number of ether oxygens (including phenoxy) is 1. The number of nitrogens with zero attached hydrogens (tertiary/aromatic N) is 1. The molecule has 1 saturated heterocycles. The molecule has 3 nitrogen and oxygen atoms in total. The summed E-state index contributed by atoms with van der Waals surface area (Å²) >= 11 is 0. The summed E-state index contributed by atoms with van der Waals surface area (Å²) < 4.78 is 5.17. The molecule has 0 aromatic heterocycles. The van der Waals surface area contributed by atoms with Crippen LogP contribution in [-0.4, -0.2) is 24.4 Å². The summed E-state index contributed by atoms with van der Waals surface area (Å²) in [6.45, 7) is 1.84. The molecule has 1 N–H and O–H groups in total. The third-order valence-electron chi connectivity index (χ3n) is 2.73. The number of nitrogens with one attached hydrogen (secondary N) is 1. The Kier molecular flexibility index (Phi) is 2.90. The van der Waals surface area contributed by atoms with Gasteiger partial charge in [0.25, 0.3) is 0 Å². The van der Waals surface area contributed by atoms with E-state index in [1.165, 1.54) is 5.56 Å². The molecule has 1 aromatic rings. The van der Waals surface area contributed by atoms with Gasteiger partial charge in [0.15, 0.2) is 0 Å². The zero-order valence-electron chi connectivity index (χ0n) is 8.99. The highest BCUT2D eigenvalue weighted by atomic mass is 16.5. The lowest BCUT2D eigenvalue weighted by atomic mass is 10.2. The minimum absolute atomic E-state index is 0.762. The average molecular weight is 204 g/mol. The highest BCUT2D eigenvalue weighted by Gasteiger charge is 2.16. The first-order valence-electron chi connectivity index (χ1n) is 5.25. The maximum absolute atomic E-state index is 7.75. The van der Waals surface area contributed by atoms with Crippen LogP contribution in [0.3, 0.4) is 0 Å². The highest BCUT2D eigenvalue weighted by molar-refractivity contribution is 5.80. The average Bonchev–Trinajstić information content (AvgIpc) is 2.65. The molecular formula is C12H16N2O. The predicted molar refractivity (Wildman–Crippen MR) is 60.4 cm³/mol. The van der Waals surface area contributed by atoms with Gasteiger partial charge in [0, 0.05) is 19.5 Å². The van der Waals surface area contributed by atoms with Crippen LogP contribution in [0.1, 0.15) is 18.4 Å². The van der Waals surface area contributed by atoms with Crippen LogP contribution in [0, 0.1) is 5.41 Å². The first kappa shape index (κ1) is 10.0.